The maximum atomic E-state index is 12.9. The summed E-state index contributed by atoms with van der Waals surface area (Å²) >= 11 is 1.31. The quantitative estimate of drug-likeness (QED) is 0.463. The molecule has 3 rings (SSSR count). The van der Waals surface area contributed by atoms with Gasteiger partial charge in [-0.3, -0.25) is 4.79 Å². The number of sulfonamides is 1. The number of nitrogens with one attached hydrogen (secondary N) is 1. The van der Waals surface area contributed by atoms with E-state index in [-0.39, 0.29) is 55.7 Å². The predicted octanol–water partition coefficient (Wildman–Crippen LogP) is 4.25. The van der Waals surface area contributed by atoms with E-state index in [1.165, 1.54) is 23.9 Å². The van der Waals surface area contributed by atoms with Crippen molar-refractivity contribution in [3.63, 3.8) is 0 Å². The molecular weight excluding hydrogens is 561 g/mol. The third-order valence-corrected chi connectivity index (χ3v) is 7.38. The minimum absolute atomic E-state index is 0. The van der Waals surface area contributed by atoms with Crippen LogP contribution in [0.4, 0.5) is 0 Å². The number of nitrogens with zero attached hydrogens (tertiary/aromatic N) is 1. The second kappa shape index (κ2) is 19.9. The average molecular weight is 598 g/mol. The number of amides is 1. The minimum Gasteiger partial charge on any atom is -0.480 e. The molecule has 10 heteroatoms. The molecule has 0 saturated carbocycles. The van der Waals surface area contributed by atoms with Gasteiger partial charge in [-0.15, -0.1) is 11.8 Å². The van der Waals surface area contributed by atoms with Gasteiger partial charge in [0.25, 0.3) is 0 Å². The molecule has 1 heterocycles. The topological polar surface area (TPSA) is 104 Å². The third-order valence-electron chi connectivity index (χ3n) is 4.34. The van der Waals surface area contributed by atoms with Crippen molar-refractivity contribution in [3.05, 3.63) is 73.2 Å². The number of benzene rings is 2. The first-order valence-electron chi connectivity index (χ1n) is 11.2. The van der Waals surface area contributed by atoms with Crippen molar-refractivity contribution in [1.82, 2.24) is 9.62 Å². The Morgan fingerprint density at radius 2 is 1.66 bits per heavy atom. The van der Waals surface area contributed by atoms with E-state index >= 15 is 0 Å². The van der Waals surface area contributed by atoms with Gasteiger partial charge >= 0.3 is 5.97 Å². The molecule has 0 spiro atoms. The van der Waals surface area contributed by atoms with Gasteiger partial charge in [-0.2, -0.15) is 47.1 Å². The van der Waals surface area contributed by atoms with E-state index in [1.807, 2.05) is 27.7 Å². The molecule has 2 aromatic rings. The van der Waals surface area contributed by atoms with Crippen molar-refractivity contribution in [2.75, 3.05) is 11.6 Å². The SMILES string of the molecule is CC.CC.O=C(O)C(Cc1cc[c-]cc1)NC(=O)C1CSCN1S(=O)(=O)c1ccccc1.[CH2-]C.[Y]. The summed E-state index contributed by atoms with van der Waals surface area (Å²) in [6.07, 6.45) is 0.0983. The zero-order valence-electron chi connectivity index (χ0n) is 21.1. The van der Waals surface area contributed by atoms with Crippen molar-refractivity contribution < 1.29 is 55.8 Å². The van der Waals surface area contributed by atoms with E-state index < -0.39 is 34.0 Å². The molecule has 1 fully saturated rings. The second-order valence-electron chi connectivity index (χ2n) is 6.23. The largest absolute Gasteiger partial charge is 0.480 e. The molecular formula is C25H36N2O5S2Y-2. The fraction of sp³-hybridized carbons (Fsp3) is 0.400. The standard InChI is InChI=1S/C19H19N2O5S2.2C2H6.C2H5.Y/c22-18(20-16(19(23)24)11-14-7-3-1-4-8-14)17-12-27-13-21(17)28(25,26)15-9-5-2-6-10-15;3*1-2;/h2-10,16-17H,11-13H2,(H,20,22)(H,23,24);2*1-2H3;1H2,2H3;/q-1;;;-1;. The van der Waals surface area contributed by atoms with Gasteiger partial charge in [-0.05, 0) is 18.6 Å². The van der Waals surface area contributed by atoms with Gasteiger partial charge in [-0.1, -0.05) is 45.9 Å². The summed E-state index contributed by atoms with van der Waals surface area (Å²) in [6, 6.07) is 15.4. The molecule has 2 atom stereocenters. The fourth-order valence-corrected chi connectivity index (χ4v) is 6.03. The van der Waals surface area contributed by atoms with E-state index in [2.05, 4.69) is 18.3 Å². The van der Waals surface area contributed by atoms with Crippen LogP contribution in [0.3, 0.4) is 0 Å². The third kappa shape index (κ3) is 11.1. The Morgan fingerprint density at radius 3 is 2.17 bits per heavy atom. The summed E-state index contributed by atoms with van der Waals surface area (Å²) in [4.78, 5) is 24.4. The molecule has 0 aromatic heterocycles. The van der Waals surface area contributed by atoms with Crippen LogP contribution in [0.5, 0.6) is 0 Å². The van der Waals surface area contributed by atoms with Crippen LogP contribution in [0.25, 0.3) is 0 Å². The van der Waals surface area contributed by atoms with Crippen LogP contribution in [-0.2, 0) is 58.7 Å². The van der Waals surface area contributed by atoms with E-state index in [0.29, 0.717) is 0 Å². The first-order chi connectivity index (χ1) is 16.4. The van der Waals surface area contributed by atoms with Gasteiger partial charge in [0.1, 0.15) is 12.1 Å². The number of carbonyl (C=O) groups is 2. The molecule has 1 amide bonds. The minimum atomic E-state index is -3.85. The molecule has 1 aliphatic rings. The van der Waals surface area contributed by atoms with Crippen LogP contribution in [0, 0.1) is 13.0 Å². The van der Waals surface area contributed by atoms with E-state index in [4.69, 9.17) is 0 Å². The molecule has 1 saturated heterocycles. The van der Waals surface area contributed by atoms with Crippen molar-refractivity contribution in [1.29, 1.82) is 0 Å². The second-order valence-corrected chi connectivity index (χ2v) is 9.12. The van der Waals surface area contributed by atoms with Crippen molar-refractivity contribution in [2.24, 2.45) is 0 Å². The Bertz CT molecular complexity index is 945. The Hall–Kier alpha value is -1.26. The zero-order valence-corrected chi connectivity index (χ0v) is 25.6. The molecule has 0 aliphatic carbocycles. The normalized spacial score (nSPS) is 15.3. The number of thioether (sulfide) groups is 1. The van der Waals surface area contributed by atoms with Gasteiger partial charge in [0.2, 0.25) is 15.9 Å². The molecule has 0 bridgehead atoms. The number of hydrogen-bond acceptors (Lipinski definition) is 5. The first-order valence-corrected chi connectivity index (χ1v) is 13.8. The van der Waals surface area contributed by atoms with Crippen molar-refractivity contribution >= 4 is 33.7 Å². The smallest absolute Gasteiger partial charge is 0.326 e. The maximum Gasteiger partial charge on any atom is 0.326 e. The summed E-state index contributed by atoms with van der Waals surface area (Å²) in [6.45, 7) is 13.0. The Balaban J connectivity index is 0. The summed E-state index contributed by atoms with van der Waals surface area (Å²) in [5, 5.41) is 12.0. The number of rotatable bonds is 7. The summed E-state index contributed by atoms with van der Waals surface area (Å²) in [7, 11) is -3.85. The Morgan fingerprint density at radius 1 is 1.11 bits per heavy atom. The van der Waals surface area contributed by atoms with Gasteiger partial charge in [-0.25, -0.2) is 13.2 Å². The average Bonchev–Trinajstić information content (AvgIpc) is 3.40. The van der Waals surface area contributed by atoms with Crippen LogP contribution in [0.2, 0.25) is 0 Å². The van der Waals surface area contributed by atoms with Gasteiger partial charge in [0.15, 0.2) is 0 Å². The molecule has 1 aliphatic heterocycles. The fourth-order valence-electron chi connectivity index (χ4n) is 2.86. The number of aliphatic carboxylic acids is 1. The maximum absolute atomic E-state index is 12.9. The summed E-state index contributed by atoms with van der Waals surface area (Å²) in [5.41, 5.74) is 0.737. The molecule has 2 N–H and O–H groups in total. The van der Waals surface area contributed by atoms with Gasteiger partial charge in [0, 0.05) is 38.5 Å². The number of hydrogen-bond donors (Lipinski definition) is 2. The van der Waals surface area contributed by atoms with Gasteiger partial charge in [0.05, 0.1) is 10.8 Å². The number of carboxylic acid groups (broad SMARTS) is 1. The number of carbonyl (C=O) groups excluding carboxylic acids is 1. The Kier molecular flexibility index (Phi) is 20.4. The van der Waals surface area contributed by atoms with Crippen molar-refractivity contribution in [3.8, 4) is 0 Å². The van der Waals surface area contributed by atoms with Crippen LogP contribution < -0.4 is 5.32 Å². The van der Waals surface area contributed by atoms with Crippen LogP contribution in [-0.4, -0.2) is 53.4 Å². The molecule has 193 valence electrons. The first kappa shape index (κ1) is 35.9. The van der Waals surface area contributed by atoms with Crippen LogP contribution in [0.15, 0.2) is 59.5 Å². The van der Waals surface area contributed by atoms with Crippen LogP contribution in [0.1, 0.15) is 40.2 Å². The van der Waals surface area contributed by atoms with E-state index in [1.54, 1.807) is 49.4 Å². The zero-order chi connectivity index (χ0) is 26.1. The van der Waals surface area contributed by atoms with E-state index in [9.17, 15) is 23.1 Å². The number of carboxylic acids is 1. The van der Waals surface area contributed by atoms with Gasteiger partial charge < -0.3 is 17.3 Å². The summed E-state index contributed by atoms with van der Waals surface area (Å²) < 4.78 is 26.9. The molecule has 2 unspecified atom stereocenters. The molecule has 7 nitrogen and oxygen atoms in total. The molecule has 1 radical (unpaired) electrons. The predicted molar refractivity (Wildman–Crippen MR) is 139 cm³/mol. The molecule has 35 heavy (non-hydrogen) atoms. The summed E-state index contributed by atoms with van der Waals surface area (Å²) in [5.74, 6) is -1.38. The Labute approximate surface area is 240 Å². The van der Waals surface area contributed by atoms with Crippen molar-refractivity contribution in [2.45, 2.75) is 58.0 Å². The molecule has 2 aromatic carbocycles. The van der Waals surface area contributed by atoms with E-state index in [0.717, 1.165) is 9.87 Å². The van der Waals surface area contributed by atoms with Crippen LogP contribution >= 0.6 is 11.8 Å². The monoisotopic (exact) mass is 597 g/mol.